The van der Waals surface area contributed by atoms with E-state index in [0.29, 0.717) is 5.82 Å². The fourth-order valence-corrected chi connectivity index (χ4v) is 16.7. The van der Waals surface area contributed by atoms with Gasteiger partial charge in [0.05, 0.1) is 22.1 Å². The Bertz CT molecular complexity index is 3840. The molecular weight excluding hydrogens is 891 g/mol. The van der Waals surface area contributed by atoms with E-state index in [2.05, 4.69) is 278 Å². The van der Waals surface area contributed by atoms with Gasteiger partial charge in [0.1, 0.15) is 5.54 Å². The minimum absolute atomic E-state index is 0.0620. The molecule has 0 unspecified atom stereocenters. The molecule has 11 aromatic rings. The lowest BCUT2D eigenvalue weighted by Crippen LogP contribution is -2.74. The quantitative estimate of drug-likeness (QED) is 0.0946. The smallest absolute Gasteiger partial charge is 0.227 e. The van der Waals surface area contributed by atoms with Crippen molar-refractivity contribution in [1.29, 1.82) is 0 Å². The van der Waals surface area contributed by atoms with Gasteiger partial charge >= 0.3 is 11.9 Å². The summed E-state index contributed by atoms with van der Waals surface area (Å²) in [5, 5.41) is 10.2. The molecule has 356 valence electrons. The number of hydrogen-bond donors (Lipinski definition) is 0. The first kappa shape index (κ1) is 45.7. The third kappa shape index (κ3) is 6.82. The van der Waals surface area contributed by atoms with E-state index < -0.39 is 13.6 Å². The number of fused-ring (bicyclic) bond motifs is 8. The molecule has 0 amide bonds. The Hall–Kier alpha value is -7.41. The summed E-state index contributed by atoms with van der Waals surface area (Å²) in [7, 11) is -2.91. The van der Waals surface area contributed by atoms with Crippen molar-refractivity contribution in [3.63, 3.8) is 0 Å². The predicted octanol–water partition coefficient (Wildman–Crippen LogP) is 13.0. The maximum absolute atomic E-state index is 6.02. The molecule has 0 saturated carbocycles. The van der Waals surface area contributed by atoms with Crippen molar-refractivity contribution in [2.45, 2.75) is 97.9 Å². The number of hydrogen-bond acceptors (Lipinski definition) is 2. The molecule has 5 nitrogen and oxygen atoms in total. The van der Waals surface area contributed by atoms with E-state index in [1.54, 1.807) is 0 Å². The highest BCUT2D eigenvalue weighted by molar-refractivity contribution is 7.19. The Labute approximate surface area is 425 Å². The molecule has 12 rings (SSSR count). The van der Waals surface area contributed by atoms with E-state index >= 15 is 0 Å². The van der Waals surface area contributed by atoms with Crippen LogP contribution in [0.2, 0.25) is 0 Å². The van der Waals surface area contributed by atoms with Crippen LogP contribution in [0.15, 0.2) is 188 Å². The number of para-hydroxylation sites is 2. The molecule has 1 aliphatic rings. The first-order chi connectivity index (χ1) is 34.4. The lowest BCUT2D eigenvalue weighted by atomic mass is 9.79. The van der Waals surface area contributed by atoms with Crippen LogP contribution in [-0.2, 0) is 21.8 Å². The van der Waals surface area contributed by atoms with Crippen LogP contribution in [0.4, 0.5) is 0 Å². The van der Waals surface area contributed by atoms with Crippen molar-refractivity contribution in [1.82, 2.24) is 19.1 Å². The Kier molecular flexibility index (Phi) is 10.2. The van der Waals surface area contributed by atoms with E-state index in [9.17, 15) is 0 Å². The van der Waals surface area contributed by atoms with Gasteiger partial charge in [-0.1, -0.05) is 218 Å². The highest BCUT2D eigenvalue weighted by Gasteiger charge is 2.46. The SMILES string of the molecule is CC(C)(C)c1cc(C(C)(C)C)c2c(c1)c1ccccc1n2-c1nc(-c2cccc([Si](c3ccccc3)(c3ccccc3)c3ccccc3)c2)nc2[n+]1C(C)(C)c1cc(C(C)(C)C)cc3c4ccccc4n-2c13. The summed E-state index contributed by atoms with van der Waals surface area (Å²) in [4.78, 5) is 11.9. The second-order valence-electron chi connectivity index (χ2n) is 23.8. The minimum atomic E-state index is -2.91. The molecule has 0 N–H and O–H groups in total. The van der Waals surface area contributed by atoms with Crippen LogP contribution in [0.1, 0.15) is 98.4 Å². The van der Waals surface area contributed by atoms with Crippen LogP contribution in [-0.4, -0.2) is 27.2 Å². The van der Waals surface area contributed by atoms with Gasteiger partial charge in [0.25, 0.3) is 5.82 Å². The Balaban J connectivity index is 1.26. The second-order valence-corrected chi connectivity index (χ2v) is 27.6. The van der Waals surface area contributed by atoms with Crippen LogP contribution in [0.3, 0.4) is 0 Å². The van der Waals surface area contributed by atoms with Crippen molar-refractivity contribution >= 4 is 72.4 Å². The fraction of sp³-hybridized carbons (Fsp3) is 0.227. The van der Waals surface area contributed by atoms with E-state index in [-0.39, 0.29) is 16.2 Å². The molecule has 0 radical (unpaired) electrons. The van der Waals surface area contributed by atoms with E-state index in [4.69, 9.17) is 9.97 Å². The maximum Gasteiger partial charge on any atom is 0.336 e. The molecule has 0 atom stereocenters. The zero-order valence-corrected chi connectivity index (χ0v) is 44.6. The molecule has 0 fully saturated rings. The van der Waals surface area contributed by atoms with Crippen molar-refractivity contribution in [3.05, 3.63) is 210 Å². The minimum Gasteiger partial charge on any atom is -0.227 e. The summed E-state index contributed by atoms with van der Waals surface area (Å²) < 4.78 is 7.41. The van der Waals surface area contributed by atoms with E-state index in [1.807, 2.05) is 0 Å². The van der Waals surface area contributed by atoms with E-state index in [0.717, 1.165) is 28.5 Å². The van der Waals surface area contributed by atoms with Crippen molar-refractivity contribution in [3.8, 4) is 23.3 Å². The average Bonchev–Trinajstić information content (AvgIpc) is 3.89. The summed E-state index contributed by atoms with van der Waals surface area (Å²) in [6.07, 6.45) is 0. The standard InChI is InChI=1S/C66H64N5Si/c1-63(2,3)44-39-52-50-34-21-23-36-56(50)69(58(52)54(41-44)65(7,8)9)61-67-60(68-62-70-57-37-24-22-35-51(57)53-40-45(64(4,5)6)42-55(59(53)70)66(10,11)71(61)62)43-26-25-33-49(38-43)72(46-27-15-12-16-28-46,47-29-17-13-18-30-47)48-31-19-14-20-32-48/h12-42H,1-11H3/q+1. The van der Waals surface area contributed by atoms with Crippen LogP contribution < -0.4 is 25.3 Å². The monoisotopic (exact) mass is 954 g/mol. The molecule has 0 bridgehead atoms. The van der Waals surface area contributed by atoms with Gasteiger partial charge in [-0.15, -0.1) is 0 Å². The molecule has 4 heterocycles. The second kappa shape index (κ2) is 16.0. The van der Waals surface area contributed by atoms with Gasteiger partial charge < -0.3 is 0 Å². The highest BCUT2D eigenvalue weighted by Crippen LogP contribution is 2.45. The van der Waals surface area contributed by atoms with Gasteiger partial charge in [0, 0.05) is 32.7 Å². The molecule has 0 aliphatic carbocycles. The van der Waals surface area contributed by atoms with E-state index in [1.165, 1.54) is 75.6 Å². The van der Waals surface area contributed by atoms with Crippen molar-refractivity contribution in [2.24, 2.45) is 0 Å². The summed E-state index contributed by atoms with van der Waals surface area (Å²) in [5.41, 5.74) is 9.85. The Morgan fingerprint density at radius 3 is 1.33 bits per heavy atom. The largest absolute Gasteiger partial charge is 0.336 e. The molecule has 0 saturated heterocycles. The van der Waals surface area contributed by atoms with Gasteiger partial charge in [-0.05, 0) is 110 Å². The molecule has 0 spiro atoms. The van der Waals surface area contributed by atoms with Crippen LogP contribution in [0.25, 0.3) is 66.9 Å². The average molecular weight is 955 g/mol. The molecule has 1 aliphatic heterocycles. The van der Waals surface area contributed by atoms with Gasteiger partial charge in [-0.25, -0.2) is 13.7 Å². The third-order valence-corrected chi connectivity index (χ3v) is 20.5. The van der Waals surface area contributed by atoms with Gasteiger partial charge in [-0.3, -0.25) is 0 Å². The molecule has 8 aromatic carbocycles. The fourth-order valence-electron chi connectivity index (χ4n) is 11.9. The summed E-state index contributed by atoms with van der Waals surface area (Å²) in [5.74, 6) is 2.36. The molecular formula is C66H64N5Si+. The third-order valence-electron chi connectivity index (χ3n) is 15.7. The Morgan fingerprint density at radius 1 is 0.417 bits per heavy atom. The normalized spacial score (nSPS) is 13.9. The zero-order chi connectivity index (χ0) is 50.1. The number of nitrogens with zero attached hydrogens (tertiary/aromatic N) is 5. The molecule has 6 heteroatoms. The number of rotatable bonds is 6. The number of aromatic nitrogens is 5. The van der Waals surface area contributed by atoms with Crippen molar-refractivity contribution < 1.29 is 4.57 Å². The zero-order valence-electron chi connectivity index (χ0n) is 43.6. The highest BCUT2D eigenvalue weighted by atomic mass is 28.3. The summed E-state index contributed by atoms with van der Waals surface area (Å²) in [6, 6.07) is 70.4. The first-order valence-corrected chi connectivity index (χ1v) is 27.7. The number of benzene rings is 8. The van der Waals surface area contributed by atoms with Crippen LogP contribution in [0, 0.1) is 0 Å². The molecule has 3 aromatic heterocycles. The van der Waals surface area contributed by atoms with Gasteiger partial charge in [0.2, 0.25) is 0 Å². The van der Waals surface area contributed by atoms with Gasteiger partial charge in [0.15, 0.2) is 8.07 Å². The van der Waals surface area contributed by atoms with Gasteiger partial charge in [-0.2, -0.15) is 0 Å². The maximum atomic E-state index is 6.02. The molecule has 72 heavy (non-hydrogen) atoms. The first-order valence-electron chi connectivity index (χ1n) is 25.7. The summed E-state index contributed by atoms with van der Waals surface area (Å²) >= 11 is 0. The summed E-state index contributed by atoms with van der Waals surface area (Å²) in [6.45, 7) is 25.8. The predicted molar refractivity (Wildman–Crippen MR) is 304 cm³/mol. The van der Waals surface area contributed by atoms with Crippen molar-refractivity contribution in [2.75, 3.05) is 0 Å². The van der Waals surface area contributed by atoms with Crippen LogP contribution in [0.5, 0.6) is 0 Å². The Morgan fingerprint density at radius 2 is 0.847 bits per heavy atom. The lowest BCUT2D eigenvalue weighted by molar-refractivity contribution is -0.741. The van der Waals surface area contributed by atoms with Crippen LogP contribution >= 0.6 is 0 Å². The lowest BCUT2D eigenvalue weighted by Gasteiger charge is -2.35. The topological polar surface area (TPSA) is 39.5 Å².